The zero-order valence-electron chi connectivity index (χ0n) is 21.3. The first kappa shape index (κ1) is 22.9. The molecular weight excluding hydrogens is 452 g/mol. The van der Waals surface area contributed by atoms with E-state index in [9.17, 15) is 0 Å². The maximum Gasteiger partial charge on any atom is 0.229 e. The average Bonchev–Trinajstić information content (AvgIpc) is 3.36. The highest BCUT2D eigenvalue weighted by Crippen LogP contribution is 2.38. The van der Waals surface area contributed by atoms with Crippen LogP contribution in [0.1, 0.15) is 31.9 Å². The number of hydrogen-bond acceptors (Lipinski definition) is 3. The van der Waals surface area contributed by atoms with Gasteiger partial charge in [-0.3, -0.25) is 4.99 Å². The highest BCUT2D eigenvalue weighted by molar-refractivity contribution is 6.01. The summed E-state index contributed by atoms with van der Waals surface area (Å²) in [6.07, 6.45) is 1.93. The first-order chi connectivity index (χ1) is 18.0. The van der Waals surface area contributed by atoms with Crippen LogP contribution in [-0.4, -0.2) is 11.2 Å². The predicted molar refractivity (Wildman–Crippen MR) is 155 cm³/mol. The Morgan fingerprint density at radius 2 is 1.46 bits per heavy atom. The summed E-state index contributed by atoms with van der Waals surface area (Å²) in [6, 6.07) is 37.4. The van der Waals surface area contributed by atoms with Crippen LogP contribution in [0.4, 0.5) is 5.69 Å². The third kappa shape index (κ3) is 4.45. The standard InChI is InChI=1S/C34H28N2O/c1-34(2,3)26-20-29(24-12-5-4-6-13-24)32-31(21-26)37-33(36-32)28-18-9-10-19-30(28)35-22-25-16-11-15-23-14-7-8-17-27(23)25/h4-22H,1-3H3. The molecule has 180 valence electrons. The minimum Gasteiger partial charge on any atom is -0.436 e. The van der Waals surface area contributed by atoms with Crippen molar-refractivity contribution in [1.29, 1.82) is 0 Å². The maximum atomic E-state index is 6.43. The molecule has 0 saturated carbocycles. The number of rotatable bonds is 4. The smallest absolute Gasteiger partial charge is 0.229 e. The molecule has 37 heavy (non-hydrogen) atoms. The quantitative estimate of drug-likeness (QED) is 0.236. The number of aliphatic imine (C=N–C) groups is 1. The molecule has 0 atom stereocenters. The lowest BCUT2D eigenvalue weighted by Crippen LogP contribution is -2.11. The third-order valence-electron chi connectivity index (χ3n) is 6.75. The number of para-hydroxylation sites is 1. The number of aromatic nitrogens is 1. The van der Waals surface area contributed by atoms with E-state index in [1.165, 1.54) is 16.3 Å². The molecule has 0 N–H and O–H groups in total. The summed E-state index contributed by atoms with van der Waals surface area (Å²) in [7, 11) is 0. The van der Waals surface area contributed by atoms with Gasteiger partial charge in [-0.2, -0.15) is 0 Å². The lowest BCUT2D eigenvalue weighted by molar-refractivity contribution is 0.584. The van der Waals surface area contributed by atoms with E-state index in [4.69, 9.17) is 14.4 Å². The summed E-state index contributed by atoms with van der Waals surface area (Å²) < 4.78 is 6.43. The van der Waals surface area contributed by atoms with E-state index in [1.54, 1.807) is 0 Å². The molecule has 0 bridgehead atoms. The fourth-order valence-corrected chi connectivity index (χ4v) is 4.68. The van der Waals surface area contributed by atoms with Crippen molar-refractivity contribution >= 4 is 33.8 Å². The molecule has 3 nitrogen and oxygen atoms in total. The highest BCUT2D eigenvalue weighted by Gasteiger charge is 2.21. The topological polar surface area (TPSA) is 38.4 Å². The van der Waals surface area contributed by atoms with Crippen molar-refractivity contribution in [2.45, 2.75) is 26.2 Å². The molecule has 0 fully saturated rings. The fraction of sp³-hybridized carbons (Fsp3) is 0.118. The van der Waals surface area contributed by atoms with Crippen molar-refractivity contribution in [2.24, 2.45) is 4.99 Å². The Balaban J connectivity index is 1.48. The van der Waals surface area contributed by atoms with Crippen LogP contribution in [-0.2, 0) is 5.41 Å². The molecule has 6 aromatic rings. The van der Waals surface area contributed by atoms with Crippen LogP contribution in [0.15, 0.2) is 119 Å². The predicted octanol–water partition coefficient (Wildman–Crippen LogP) is 9.36. The SMILES string of the molecule is CC(C)(C)c1cc(-c2ccccc2)c2nc(-c3ccccc3N=Cc3cccc4ccccc34)oc2c1. The van der Waals surface area contributed by atoms with Crippen LogP contribution in [0.2, 0.25) is 0 Å². The van der Waals surface area contributed by atoms with Gasteiger partial charge < -0.3 is 4.42 Å². The normalized spacial score (nSPS) is 12.1. The lowest BCUT2D eigenvalue weighted by Gasteiger charge is -2.20. The van der Waals surface area contributed by atoms with Crippen molar-refractivity contribution in [3.8, 4) is 22.6 Å². The molecule has 0 unspecified atom stereocenters. The molecule has 1 aromatic heterocycles. The van der Waals surface area contributed by atoms with E-state index in [0.29, 0.717) is 5.89 Å². The molecule has 0 saturated heterocycles. The molecule has 0 aliphatic rings. The zero-order chi connectivity index (χ0) is 25.4. The number of fused-ring (bicyclic) bond motifs is 2. The van der Waals surface area contributed by atoms with Gasteiger partial charge in [0.2, 0.25) is 5.89 Å². The summed E-state index contributed by atoms with van der Waals surface area (Å²) in [5, 5.41) is 2.37. The van der Waals surface area contributed by atoms with Gasteiger partial charge >= 0.3 is 0 Å². The number of oxazole rings is 1. The van der Waals surface area contributed by atoms with Gasteiger partial charge in [0, 0.05) is 17.3 Å². The van der Waals surface area contributed by atoms with Gasteiger partial charge in [-0.1, -0.05) is 106 Å². The minimum absolute atomic E-state index is 0.0225. The molecule has 0 radical (unpaired) electrons. The van der Waals surface area contributed by atoms with E-state index in [-0.39, 0.29) is 5.41 Å². The van der Waals surface area contributed by atoms with Crippen molar-refractivity contribution in [3.05, 3.63) is 120 Å². The highest BCUT2D eigenvalue weighted by atomic mass is 16.3. The first-order valence-corrected chi connectivity index (χ1v) is 12.6. The molecule has 0 amide bonds. The number of nitrogens with zero attached hydrogens (tertiary/aromatic N) is 2. The number of hydrogen-bond donors (Lipinski definition) is 0. The Bertz CT molecular complexity index is 1750. The molecule has 6 rings (SSSR count). The molecule has 3 heteroatoms. The Hall–Kier alpha value is -4.50. The average molecular weight is 481 g/mol. The van der Waals surface area contributed by atoms with E-state index < -0.39 is 0 Å². The minimum atomic E-state index is -0.0225. The summed E-state index contributed by atoms with van der Waals surface area (Å²) in [5.41, 5.74) is 7.80. The first-order valence-electron chi connectivity index (χ1n) is 12.6. The van der Waals surface area contributed by atoms with E-state index in [2.05, 4.69) is 99.6 Å². The van der Waals surface area contributed by atoms with Crippen LogP contribution in [0.25, 0.3) is 44.5 Å². The van der Waals surface area contributed by atoms with E-state index in [1.807, 2.05) is 36.5 Å². The summed E-state index contributed by atoms with van der Waals surface area (Å²) in [6.45, 7) is 6.66. The molecular formula is C34H28N2O. The summed E-state index contributed by atoms with van der Waals surface area (Å²) in [5.74, 6) is 0.573. The van der Waals surface area contributed by atoms with E-state index in [0.717, 1.165) is 39.0 Å². The second kappa shape index (κ2) is 9.18. The zero-order valence-corrected chi connectivity index (χ0v) is 21.3. The Kier molecular flexibility index (Phi) is 5.69. The Morgan fingerprint density at radius 1 is 0.730 bits per heavy atom. The van der Waals surface area contributed by atoms with Crippen LogP contribution < -0.4 is 0 Å². The molecule has 0 aliphatic carbocycles. The maximum absolute atomic E-state index is 6.43. The van der Waals surface area contributed by atoms with Gasteiger partial charge in [-0.15, -0.1) is 0 Å². The van der Waals surface area contributed by atoms with Gasteiger partial charge in [0.05, 0.1) is 11.3 Å². The third-order valence-corrected chi connectivity index (χ3v) is 6.75. The second-order valence-electron chi connectivity index (χ2n) is 10.3. The summed E-state index contributed by atoms with van der Waals surface area (Å²) in [4.78, 5) is 9.89. The van der Waals surface area contributed by atoms with Crippen molar-refractivity contribution in [1.82, 2.24) is 4.98 Å². The fourth-order valence-electron chi connectivity index (χ4n) is 4.68. The van der Waals surface area contributed by atoms with Gasteiger partial charge in [-0.05, 0) is 51.6 Å². The van der Waals surface area contributed by atoms with Crippen LogP contribution in [0.3, 0.4) is 0 Å². The Labute approximate surface area is 217 Å². The molecule has 0 aliphatic heterocycles. The van der Waals surface area contributed by atoms with E-state index >= 15 is 0 Å². The van der Waals surface area contributed by atoms with Crippen molar-refractivity contribution in [2.75, 3.05) is 0 Å². The Morgan fingerprint density at radius 3 is 2.30 bits per heavy atom. The van der Waals surface area contributed by atoms with Crippen LogP contribution in [0.5, 0.6) is 0 Å². The monoisotopic (exact) mass is 480 g/mol. The van der Waals surface area contributed by atoms with Gasteiger partial charge in [0.15, 0.2) is 5.58 Å². The van der Waals surface area contributed by atoms with Crippen molar-refractivity contribution in [3.63, 3.8) is 0 Å². The largest absolute Gasteiger partial charge is 0.436 e. The summed E-state index contributed by atoms with van der Waals surface area (Å²) >= 11 is 0. The van der Waals surface area contributed by atoms with Gasteiger partial charge in [0.1, 0.15) is 5.52 Å². The lowest BCUT2D eigenvalue weighted by atomic mass is 9.85. The van der Waals surface area contributed by atoms with Crippen LogP contribution in [0, 0.1) is 0 Å². The molecule has 5 aromatic carbocycles. The molecule has 1 heterocycles. The van der Waals surface area contributed by atoms with Crippen molar-refractivity contribution < 1.29 is 4.42 Å². The second-order valence-corrected chi connectivity index (χ2v) is 10.3. The van der Waals surface area contributed by atoms with Gasteiger partial charge in [0.25, 0.3) is 0 Å². The number of benzene rings is 5. The van der Waals surface area contributed by atoms with Crippen LogP contribution >= 0.6 is 0 Å². The molecule has 0 spiro atoms. The van der Waals surface area contributed by atoms with Gasteiger partial charge in [-0.25, -0.2) is 4.98 Å².